The van der Waals surface area contributed by atoms with Gasteiger partial charge in [0.1, 0.15) is 6.29 Å². The first-order valence-electron chi connectivity index (χ1n) is 10.8. The molecule has 0 bridgehead atoms. The summed E-state index contributed by atoms with van der Waals surface area (Å²) in [7, 11) is 4.32. The van der Waals surface area contributed by atoms with E-state index in [2.05, 4.69) is 46.1 Å². The van der Waals surface area contributed by atoms with Gasteiger partial charge in [-0.2, -0.15) is 0 Å². The van der Waals surface area contributed by atoms with Crippen LogP contribution in [-0.2, 0) is 35.4 Å². The van der Waals surface area contributed by atoms with Crippen molar-refractivity contribution >= 4 is 32.2 Å². The summed E-state index contributed by atoms with van der Waals surface area (Å²) in [5, 5.41) is 38.7. The number of nitrogens with two attached hydrogens (primary N) is 1. The van der Waals surface area contributed by atoms with Crippen molar-refractivity contribution in [3.63, 3.8) is 0 Å². The van der Waals surface area contributed by atoms with Crippen molar-refractivity contribution in [1.82, 2.24) is 5.32 Å². The number of benzene rings is 2. The van der Waals surface area contributed by atoms with Crippen molar-refractivity contribution in [2.45, 2.75) is 27.3 Å². The molecule has 2 rings (SSSR count). The number of carbonyl (C=O) groups excluding carboxylic acids is 4. The molecule has 2 aromatic rings. The molecule has 0 heterocycles. The SMILES string of the molecule is C#CCN.C#CCNCc1ccc(O)c(O)c1.CC(=O)OOC(C)=O.O=Cc1ccc(O)c(O)c1.[B-]OC(C)=O.[Na+]. The maximum Gasteiger partial charge on any atom is 1.00 e. The van der Waals surface area contributed by atoms with E-state index in [0.29, 0.717) is 31.5 Å². The Morgan fingerprint density at radius 3 is 1.63 bits per heavy atom. The van der Waals surface area contributed by atoms with Gasteiger partial charge < -0.3 is 44.2 Å². The van der Waals surface area contributed by atoms with Crippen molar-refractivity contribution in [2.75, 3.05) is 13.1 Å². The van der Waals surface area contributed by atoms with Gasteiger partial charge >= 0.3 is 41.5 Å². The predicted molar refractivity (Wildman–Crippen MR) is 144 cm³/mol. The van der Waals surface area contributed by atoms with Crippen LogP contribution in [0.15, 0.2) is 36.4 Å². The molecule has 3 radical (unpaired) electrons. The molecule has 0 aliphatic rings. The van der Waals surface area contributed by atoms with Crippen LogP contribution in [0.5, 0.6) is 23.0 Å². The molecule has 0 amide bonds. The van der Waals surface area contributed by atoms with E-state index in [1.807, 2.05) is 0 Å². The average Bonchev–Trinajstić information content (AvgIpc) is 2.92. The average molecular weight is 581 g/mol. The van der Waals surface area contributed by atoms with E-state index < -0.39 is 17.9 Å². The van der Waals surface area contributed by atoms with E-state index in [0.717, 1.165) is 19.4 Å². The Morgan fingerprint density at radius 1 is 0.878 bits per heavy atom. The topological polar surface area (TPSA) is 215 Å². The zero-order valence-electron chi connectivity index (χ0n) is 23.1. The fraction of sp³-hybridized carbons (Fsp3) is 0.231. The fourth-order valence-electron chi connectivity index (χ4n) is 1.69. The molecule has 0 aromatic heterocycles. The van der Waals surface area contributed by atoms with Gasteiger partial charge in [-0.1, -0.05) is 17.9 Å². The van der Waals surface area contributed by atoms with Gasteiger partial charge in [-0.05, 0) is 35.9 Å². The molecule has 0 unspecified atom stereocenters. The van der Waals surface area contributed by atoms with Crippen LogP contribution in [0.3, 0.4) is 0 Å². The Morgan fingerprint density at radius 2 is 1.32 bits per heavy atom. The quantitative estimate of drug-likeness (QED) is 0.0438. The number of rotatable bonds is 4. The normalized spacial score (nSPS) is 8.07. The van der Waals surface area contributed by atoms with E-state index in [1.54, 1.807) is 6.07 Å². The maximum absolute atomic E-state index is 10.1. The molecule has 0 atom stereocenters. The van der Waals surface area contributed by atoms with Crippen LogP contribution < -0.4 is 40.6 Å². The molecular weight excluding hydrogens is 550 g/mol. The minimum absolute atomic E-state index is 0. The van der Waals surface area contributed by atoms with Crippen LogP contribution in [0.1, 0.15) is 36.7 Å². The standard InChI is InChI=1S/C10H11NO2.C7H6O3.C4H6O4.C3H5N.C2H3BO2.Na/c1-2-5-11-7-8-3-4-9(12)10(13)6-8;8-4-5-1-2-6(9)7(10)3-5;1-3(5)7-8-4(2)6;1-2-3-4;1-2(4)5-3;/h1,3-4,6,11-13H,5,7H2;1-4,9-10H;1-2H3;1H,3-4H2;1H3;/q;;;;-1;+1. The molecule has 0 spiro atoms. The molecule has 15 heteroatoms. The number of carbonyl (C=O) groups is 4. The fourth-order valence-corrected chi connectivity index (χ4v) is 1.69. The van der Waals surface area contributed by atoms with E-state index in [4.69, 9.17) is 32.6 Å². The summed E-state index contributed by atoms with van der Waals surface area (Å²) in [6, 6.07) is 8.54. The summed E-state index contributed by atoms with van der Waals surface area (Å²) in [6.07, 6.45) is 10.3. The van der Waals surface area contributed by atoms with Crippen LogP contribution in [0.4, 0.5) is 0 Å². The summed E-state index contributed by atoms with van der Waals surface area (Å²) in [4.78, 5) is 46.9. The third-order valence-electron chi connectivity index (χ3n) is 3.29. The van der Waals surface area contributed by atoms with Gasteiger partial charge in [-0.15, -0.1) is 12.8 Å². The Kier molecular flexibility index (Phi) is 30.8. The predicted octanol–water partition coefficient (Wildman–Crippen LogP) is -2.03. The number of phenolic OH excluding ortho intramolecular Hbond substituents is 4. The monoisotopic (exact) mass is 581 g/mol. The second-order valence-corrected chi connectivity index (χ2v) is 6.66. The number of aromatic hydroxyl groups is 4. The molecule has 0 fully saturated rings. The molecule has 0 saturated carbocycles. The number of hydrogen-bond donors (Lipinski definition) is 6. The Hall–Kier alpha value is -4.18. The Bertz CT molecular complexity index is 1140. The molecule has 13 nitrogen and oxygen atoms in total. The number of hydrogen-bond acceptors (Lipinski definition) is 13. The largest absolute Gasteiger partial charge is 1.00 e. The zero-order chi connectivity index (χ0) is 31.5. The molecule has 41 heavy (non-hydrogen) atoms. The molecular formula is C26H31BN2NaO11. The summed E-state index contributed by atoms with van der Waals surface area (Å²) < 4.78 is 3.61. The summed E-state index contributed by atoms with van der Waals surface area (Å²) in [6.45, 7) is 4.94. The zero-order valence-corrected chi connectivity index (χ0v) is 25.1. The minimum atomic E-state index is -0.639. The van der Waals surface area contributed by atoms with E-state index in [-0.39, 0.29) is 52.6 Å². The number of terminal acetylenes is 2. The van der Waals surface area contributed by atoms with Gasteiger partial charge in [0.2, 0.25) is 5.97 Å². The molecule has 0 saturated heterocycles. The first-order valence-corrected chi connectivity index (χ1v) is 10.8. The van der Waals surface area contributed by atoms with Crippen LogP contribution in [0, 0.1) is 24.7 Å². The molecule has 7 N–H and O–H groups in total. The van der Waals surface area contributed by atoms with Crippen LogP contribution in [-0.4, -0.2) is 65.8 Å². The summed E-state index contributed by atoms with van der Waals surface area (Å²) >= 11 is 0. The molecule has 0 aliphatic heterocycles. The van der Waals surface area contributed by atoms with E-state index in [1.165, 1.54) is 37.3 Å². The number of phenols is 4. The van der Waals surface area contributed by atoms with Crippen LogP contribution >= 0.6 is 0 Å². The van der Waals surface area contributed by atoms with Gasteiger partial charge in [0.15, 0.2) is 23.0 Å². The third-order valence-corrected chi connectivity index (χ3v) is 3.29. The maximum atomic E-state index is 10.1. The van der Waals surface area contributed by atoms with Gasteiger partial charge in [0, 0.05) is 32.9 Å². The van der Waals surface area contributed by atoms with Gasteiger partial charge in [-0.3, -0.25) is 9.59 Å². The molecule has 2 aromatic carbocycles. The summed E-state index contributed by atoms with van der Waals surface area (Å²) in [5.74, 6) is 2.19. The Balaban J connectivity index is -0.000000220. The second kappa shape index (κ2) is 28.8. The third kappa shape index (κ3) is 30.2. The van der Waals surface area contributed by atoms with Crippen molar-refractivity contribution in [2.24, 2.45) is 5.73 Å². The van der Waals surface area contributed by atoms with Crippen molar-refractivity contribution < 1.29 is 83.6 Å². The van der Waals surface area contributed by atoms with Crippen molar-refractivity contribution in [3.8, 4) is 47.7 Å². The smallest absolute Gasteiger partial charge is 0.793 e. The summed E-state index contributed by atoms with van der Waals surface area (Å²) in [5.41, 5.74) is 6.01. The Labute approximate surface area is 261 Å². The first kappa shape index (κ1) is 43.9. The van der Waals surface area contributed by atoms with Crippen LogP contribution in [0.25, 0.3) is 0 Å². The van der Waals surface area contributed by atoms with Gasteiger partial charge in [0.05, 0.1) is 13.1 Å². The van der Waals surface area contributed by atoms with Crippen molar-refractivity contribution in [1.29, 1.82) is 0 Å². The van der Waals surface area contributed by atoms with Crippen molar-refractivity contribution in [3.05, 3.63) is 47.5 Å². The number of nitrogens with one attached hydrogen (secondary N) is 1. The first-order chi connectivity index (χ1) is 18.8. The molecule has 215 valence electrons. The molecule has 0 aliphatic carbocycles. The van der Waals surface area contributed by atoms with Gasteiger partial charge in [-0.25, -0.2) is 19.4 Å². The van der Waals surface area contributed by atoms with E-state index in [9.17, 15) is 19.2 Å². The van der Waals surface area contributed by atoms with Crippen LogP contribution in [0.2, 0.25) is 0 Å². The van der Waals surface area contributed by atoms with Gasteiger partial charge in [0.25, 0.3) is 0 Å². The second-order valence-electron chi connectivity index (χ2n) is 6.66. The van der Waals surface area contributed by atoms with E-state index >= 15 is 0 Å². The minimum Gasteiger partial charge on any atom is -0.793 e. The number of aldehydes is 1.